The van der Waals surface area contributed by atoms with Crippen LogP contribution in [-0.4, -0.2) is 15.0 Å². The second-order valence-electron chi connectivity index (χ2n) is 4.49. The van der Waals surface area contributed by atoms with Crippen LogP contribution in [0.5, 0.6) is 11.6 Å². The van der Waals surface area contributed by atoms with Gasteiger partial charge in [0.2, 0.25) is 11.8 Å². The van der Waals surface area contributed by atoms with Crippen LogP contribution in [0.15, 0.2) is 61.1 Å². The van der Waals surface area contributed by atoms with E-state index in [4.69, 9.17) is 4.74 Å². The summed E-state index contributed by atoms with van der Waals surface area (Å²) in [5.41, 5.74) is 0.971. The van der Waals surface area contributed by atoms with Gasteiger partial charge in [0.1, 0.15) is 11.6 Å². The van der Waals surface area contributed by atoms with Gasteiger partial charge in [0.05, 0.1) is 0 Å². The third-order valence-corrected chi connectivity index (χ3v) is 2.85. The Kier molecular flexibility index (Phi) is 4.20. The van der Waals surface area contributed by atoms with E-state index in [1.54, 1.807) is 42.9 Å². The first kappa shape index (κ1) is 13.9. The SMILES string of the molecule is Fc1ccc(Oc2ccc(CNc3ncccn3)cn2)cc1. The van der Waals surface area contributed by atoms with Crippen LogP contribution in [0, 0.1) is 5.82 Å². The van der Waals surface area contributed by atoms with E-state index in [1.807, 2.05) is 6.07 Å². The highest BCUT2D eigenvalue weighted by Crippen LogP contribution is 2.19. The van der Waals surface area contributed by atoms with Crippen molar-refractivity contribution in [2.75, 3.05) is 5.32 Å². The van der Waals surface area contributed by atoms with Gasteiger partial charge in [-0.05, 0) is 35.9 Å². The number of nitrogens with zero attached hydrogens (tertiary/aromatic N) is 3. The maximum atomic E-state index is 12.8. The summed E-state index contributed by atoms with van der Waals surface area (Å²) in [7, 11) is 0. The van der Waals surface area contributed by atoms with Crippen molar-refractivity contribution in [2.24, 2.45) is 0 Å². The summed E-state index contributed by atoms with van der Waals surface area (Å²) in [4.78, 5) is 12.4. The van der Waals surface area contributed by atoms with Crippen molar-refractivity contribution in [3.05, 3.63) is 72.4 Å². The van der Waals surface area contributed by atoms with Crippen LogP contribution in [0.3, 0.4) is 0 Å². The van der Waals surface area contributed by atoms with Gasteiger partial charge in [0.15, 0.2) is 0 Å². The van der Waals surface area contributed by atoms with E-state index < -0.39 is 0 Å². The maximum absolute atomic E-state index is 12.8. The highest BCUT2D eigenvalue weighted by atomic mass is 19.1. The zero-order valence-electron chi connectivity index (χ0n) is 11.6. The predicted octanol–water partition coefficient (Wildman–Crippen LogP) is 3.42. The van der Waals surface area contributed by atoms with E-state index >= 15 is 0 Å². The van der Waals surface area contributed by atoms with Crippen molar-refractivity contribution in [2.45, 2.75) is 6.54 Å². The van der Waals surface area contributed by atoms with Gasteiger partial charge in [-0.25, -0.2) is 19.3 Å². The Morgan fingerprint density at radius 1 is 0.955 bits per heavy atom. The summed E-state index contributed by atoms with van der Waals surface area (Å²) in [6, 6.07) is 11.2. The molecule has 3 rings (SSSR count). The quantitative estimate of drug-likeness (QED) is 0.781. The number of halogens is 1. The summed E-state index contributed by atoms with van der Waals surface area (Å²) in [6.07, 6.45) is 5.05. The van der Waals surface area contributed by atoms with Crippen molar-refractivity contribution >= 4 is 5.95 Å². The Hall–Kier alpha value is -3.02. The lowest BCUT2D eigenvalue weighted by molar-refractivity contribution is 0.461. The van der Waals surface area contributed by atoms with E-state index in [1.165, 1.54) is 12.1 Å². The van der Waals surface area contributed by atoms with Crippen molar-refractivity contribution in [3.63, 3.8) is 0 Å². The molecular weight excluding hydrogens is 283 g/mol. The molecule has 3 aromatic rings. The molecule has 0 saturated carbocycles. The molecule has 0 aliphatic rings. The minimum atomic E-state index is -0.301. The van der Waals surface area contributed by atoms with Crippen molar-refractivity contribution in [1.29, 1.82) is 0 Å². The van der Waals surface area contributed by atoms with E-state index in [2.05, 4.69) is 20.3 Å². The third kappa shape index (κ3) is 3.76. The van der Waals surface area contributed by atoms with Crippen LogP contribution >= 0.6 is 0 Å². The molecule has 0 saturated heterocycles. The van der Waals surface area contributed by atoms with Gasteiger partial charge in [0, 0.05) is 31.2 Å². The molecule has 0 aliphatic heterocycles. The van der Waals surface area contributed by atoms with Gasteiger partial charge in [-0.3, -0.25) is 0 Å². The van der Waals surface area contributed by atoms with Crippen LogP contribution in [-0.2, 0) is 6.54 Å². The van der Waals surface area contributed by atoms with Gasteiger partial charge in [-0.15, -0.1) is 0 Å². The van der Waals surface area contributed by atoms with E-state index in [9.17, 15) is 4.39 Å². The van der Waals surface area contributed by atoms with E-state index in [0.29, 0.717) is 24.1 Å². The molecule has 0 radical (unpaired) electrons. The number of ether oxygens (including phenoxy) is 1. The molecule has 5 nitrogen and oxygen atoms in total. The molecule has 0 aliphatic carbocycles. The number of anilines is 1. The molecule has 2 heterocycles. The Morgan fingerprint density at radius 2 is 1.73 bits per heavy atom. The minimum Gasteiger partial charge on any atom is -0.439 e. The van der Waals surface area contributed by atoms with E-state index in [0.717, 1.165) is 5.56 Å². The molecule has 0 spiro atoms. The second-order valence-corrected chi connectivity index (χ2v) is 4.49. The number of pyridine rings is 1. The van der Waals surface area contributed by atoms with Crippen LogP contribution in [0.25, 0.3) is 0 Å². The van der Waals surface area contributed by atoms with Gasteiger partial charge < -0.3 is 10.1 Å². The fourth-order valence-corrected chi connectivity index (χ4v) is 1.77. The standard InChI is InChI=1S/C16H13FN4O/c17-13-3-5-14(6-4-13)22-15-7-2-12(10-20-15)11-21-16-18-8-1-9-19-16/h1-10H,11H2,(H,18,19,21). The lowest BCUT2D eigenvalue weighted by Gasteiger charge is -2.06. The zero-order chi connectivity index (χ0) is 15.2. The molecule has 110 valence electrons. The first-order valence-corrected chi connectivity index (χ1v) is 6.69. The van der Waals surface area contributed by atoms with Gasteiger partial charge in [-0.2, -0.15) is 0 Å². The van der Waals surface area contributed by atoms with Crippen LogP contribution in [0.4, 0.5) is 10.3 Å². The molecule has 0 bridgehead atoms. The smallest absolute Gasteiger partial charge is 0.222 e. The predicted molar refractivity (Wildman–Crippen MR) is 80.1 cm³/mol. The molecule has 22 heavy (non-hydrogen) atoms. The Labute approximate surface area is 126 Å². The Balaban J connectivity index is 1.59. The highest BCUT2D eigenvalue weighted by molar-refractivity contribution is 5.30. The number of nitrogens with one attached hydrogen (secondary N) is 1. The molecule has 0 unspecified atom stereocenters. The first-order valence-electron chi connectivity index (χ1n) is 6.69. The van der Waals surface area contributed by atoms with Gasteiger partial charge >= 0.3 is 0 Å². The monoisotopic (exact) mass is 296 g/mol. The highest BCUT2D eigenvalue weighted by Gasteiger charge is 2.01. The van der Waals surface area contributed by atoms with Gasteiger partial charge in [-0.1, -0.05) is 6.07 Å². The molecule has 6 heteroatoms. The summed E-state index contributed by atoms with van der Waals surface area (Å²) < 4.78 is 18.3. The second kappa shape index (κ2) is 6.62. The molecular formula is C16H13FN4O. The van der Waals surface area contributed by atoms with Crippen LogP contribution < -0.4 is 10.1 Å². The fourth-order valence-electron chi connectivity index (χ4n) is 1.77. The van der Waals surface area contributed by atoms with Crippen LogP contribution in [0.2, 0.25) is 0 Å². The maximum Gasteiger partial charge on any atom is 0.222 e. The van der Waals surface area contributed by atoms with Gasteiger partial charge in [0.25, 0.3) is 0 Å². The molecule has 0 amide bonds. The average Bonchev–Trinajstić information content (AvgIpc) is 2.57. The number of rotatable bonds is 5. The summed E-state index contributed by atoms with van der Waals surface area (Å²) in [6.45, 7) is 0.563. The summed E-state index contributed by atoms with van der Waals surface area (Å²) in [5.74, 6) is 1.25. The Morgan fingerprint density at radius 3 is 2.41 bits per heavy atom. The molecule has 0 fully saturated rings. The average molecular weight is 296 g/mol. The number of aromatic nitrogens is 3. The van der Waals surface area contributed by atoms with Crippen molar-refractivity contribution in [3.8, 4) is 11.6 Å². The number of hydrogen-bond acceptors (Lipinski definition) is 5. The topological polar surface area (TPSA) is 59.9 Å². The lowest BCUT2D eigenvalue weighted by atomic mass is 10.3. The number of hydrogen-bond donors (Lipinski definition) is 1. The van der Waals surface area contributed by atoms with E-state index in [-0.39, 0.29) is 5.82 Å². The molecule has 1 aromatic carbocycles. The normalized spacial score (nSPS) is 10.2. The molecule has 1 N–H and O–H groups in total. The van der Waals surface area contributed by atoms with Crippen LogP contribution in [0.1, 0.15) is 5.56 Å². The first-order chi connectivity index (χ1) is 10.8. The van der Waals surface area contributed by atoms with Crippen molar-refractivity contribution in [1.82, 2.24) is 15.0 Å². The summed E-state index contributed by atoms with van der Waals surface area (Å²) >= 11 is 0. The molecule has 2 aromatic heterocycles. The van der Waals surface area contributed by atoms with Crippen molar-refractivity contribution < 1.29 is 9.13 Å². The largest absolute Gasteiger partial charge is 0.439 e. The Bertz CT molecular complexity index is 717. The number of benzene rings is 1. The zero-order valence-corrected chi connectivity index (χ0v) is 11.6. The summed E-state index contributed by atoms with van der Waals surface area (Å²) in [5, 5.41) is 3.09. The minimum absolute atomic E-state index is 0.301. The fraction of sp³-hybridized carbons (Fsp3) is 0.0625. The third-order valence-electron chi connectivity index (χ3n) is 2.85. The molecule has 0 atom stereocenters. The lowest BCUT2D eigenvalue weighted by Crippen LogP contribution is -2.03.